The van der Waals surface area contributed by atoms with Gasteiger partial charge in [-0.2, -0.15) is 0 Å². The van der Waals surface area contributed by atoms with Gasteiger partial charge >= 0.3 is 0 Å². The van der Waals surface area contributed by atoms with Gasteiger partial charge in [0.15, 0.2) is 5.82 Å². The molecule has 0 aliphatic rings. The highest BCUT2D eigenvalue weighted by atomic mass is 79.9. The third-order valence-corrected chi connectivity index (χ3v) is 2.45. The van der Waals surface area contributed by atoms with Crippen molar-refractivity contribution in [2.24, 2.45) is 0 Å². The fourth-order valence-electron chi connectivity index (χ4n) is 1.17. The monoisotopic (exact) mass is 252 g/mol. The highest BCUT2D eigenvalue weighted by Gasteiger charge is 2.03. The third kappa shape index (κ3) is 1.63. The van der Waals surface area contributed by atoms with Gasteiger partial charge in [-0.25, -0.2) is 4.68 Å². The Bertz CT molecular complexity index is 444. The number of nitrogens with two attached hydrogens (primary N) is 1. The van der Waals surface area contributed by atoms with Crippen LogP contribution < -0.4 is 5.73 Å². The van der Waals surface area contributed by atoms with Crippen LogP contribution in [-0.2, 0) is 0 Å². The summed E-state index contributed by atoms with van der Waals surface area (Å²) in [5.41, 5.74) is 7.53. The Balaban J connectivity index is 2.49. The first-order valence-electron chi connectivity index (χ1n) is 4.10. The summed E-state index contributed by atoms with van der Waals surface area (Å²) in [6, 6.07) is 3.82. The number of hydrogen-bond donors (Lipinski definition) is 1. The smallest absolute Gasteiger partial charge is 0.160 e. The summed E-state index contributed by atoms with van der Waals surface area (Å²) >= 11 is 3.31. The zero-order chi connectivity index (χ0) is 10.1. The van der Waals surface area contributed by atoms with Gasteiger partial charge in [0.05, 0.1) is 10.2 Å². The maximum atomic E-state index is 5.62. The number of nitrogens with zero attached hydrogens (tertiary/aromatic N) is 3. The lowest BCUT2D eigenvalue weighted by Crippen LogP contribution is -1.97. The van der Waals surface area contributed by atoms with Gasteiger partial charge in [-0.1, -0.05) is 0 Å². The van der Waals surface area contributed by atoms with Gasteiger partial charge in [-0.15, -0.1) is 5.10 Å². The van der Waals surface area contributed by atoms with Crippen LogP contribution in [0.1, 0.15) is 5.69 Å². The summed E-state index contributed by atoms with van der Waals surface area (Å²) in [6.45, 7) is 1.94. The van der Waals surface area contributed by atoms with Gasteiger partial charge in [0.1, 0.15) is 0 Å². The molecule has 2 aromatic rings. The van der Waals surface area contributed by atoms with Crippen molar-refractivity contribution in [3.05, 3.63) is 34.7 Å². The molecule has 0 unspecified atom stereocenters. The Kier molecular flexibility index (Phi) is 2.25. The van der Waals surface area contributed by atoms with E-state index in [-0.39, 0.29) is 0 Å². The van der Waals surface area contributed by atoms with E-state index < -0.39 is 0 Å². The maximum Gasteiger partial charge on any atom is 0.160 e. The first-order valence-corrected chi connectivity index (χ1v) is 4.90. The quantitative estimate of drug-likeness (QED) is 0.844. The molecule has 0 spiro atoms. The molecule has 0 saturated heterocycles. The second-order valence-electron chi connectivity index (χ2n) is 2.96. The van der Waals surface area contributed by atoms with Crippen molar-refractivity contribution in [3.63, 3.8) is 0 Å². The first kappa shape index (κ1) is 9.21. The molecule has 0 aliphatic heterocycles. The normalized spacial score (nSPS) is 10.4. The predicted molar refractivity (Wildman–Crippen MR) is 58.2 cm³/mol. The van der Waals surface area contributed by atoms with E-state index in [4.69, 9.17) is 5.73 Å². The lowest BCUT2D eigenvalue weighted by atomic mass is 10.3. The number of nitrogen functional groups attached to an aromatic ring is 1. The fourth-order valence-corrected chi connectivity index (χ4v) is 1.44. The Hall–Kier alpha value is -1.36. The molecular formula is C9H9BrN4. The Morgan fingerprint density at radius 2 is 2.29 bits per heavy atom. The first-order chi connectivity index (χ1) is 6.66. The average Bonchev–Trinajstić information content (AvgIpc) is 2.47. The zero-order valence-electron chi connectivity index (χ0n) is 7.61. The van der Waals surface area contributed by atoms with E-state index in [0.29, 0.717) is 5.82 Å². The summed E-state index contributed by atoms with van der Waals surface area (Å²) in [6.07, 6.45) is 3.57. The molecule has 14 heavy (non-hydrogen) atoms. The number of pyridine rings is 1. The van der Waals surface area contributed by atoms with Crippen LogP contribution in [0.3, 0.4) is 0 Å². The van der Waals surface area contributed by atoms with Crippen LogP contribution in [-0.4, -0.2) is 14.8 Å². The van der Waals surface area contributed by atoms with Gasteiger partial charge < -0.3 is 5.73 Å². The molecule has 0 fully saturated rings. The molecular weight excluding hydrogens is 244 g/mol. The van der Waals surface area contributed by atoms with Crippen LogP contribution >= 0.6 is 15.9 Å². The molecule has 2 heterocycles. The van der Waals surface area contributed by atoms with Crippen LogP contribution in [0, 0.1) is 6.92 Å². The van der Waals surface area contributed by atoms with Crippen LogP contribution in [0.25, 0.3) is 5.69 Å². The molecule has 0 amide bonds. The van der Waals surface area contributed by atoms with Crippen LogP contribution in [0.5, 0.6) is 0 Å². The number of halogens is 1. The number of anilines is 1. The summed E-state index contributed by atoms with van der Waals surface area (Å²) in [5, 5.41) is 4.14. The fraction of sp³-hybridized carbons (Fsp3) is 0.111. The number of hydrogen-bond acceptors (Lipinski definition) is 3. The lowest BCUT2D eigenvalue weighted by Gasteiger charge is -2.00. The Morgan fingerprint density at radius 1 is 1.50 bits per heavy atom. The molecule has 5 heteroatoms. The summed E-state index contributed by atoms with van der Waals surface area (Å²) < 4.78 is 2.51. The van der Waals surface area contributed by atoms with E-state index in [1.807, 2.05) is 25.3 Å². The van der Waals surface area contributed by atoms with Gasteiger partial charge in [0.2, 0.25) is 0 Å². The summed E-state index contributed by atoms with van der Waals surface area (Å²) in [5.74, 6) is 0.486. The van der Waals surface area contributed by atoms with E-state index >= 15 is 0 Å². The van der Waals surface area contributed by atoms with Crippen molar-refractivity contribution in [3.8, 4) is 5.69 Å². The van der Waals surface area contributed by atoms with Crippen molar-refractivity contribution in [1.29, 1.82) is 0 Å². The van der Waals surface area contributed by atoms with Gasteiger partial charge in [0, 0.05) is 18.1 Å². The molecule has 0 bridgehead atoms. The zero-order valence-corrected chi connectivity index (χ0v) is 9.19. The molecule has 0 aromatic carbocycles. The van der Waals surface area contributed by atoms with E-state index in [9.17, 15) is 0 Å². The van der Waals surface area contributed by atoms with E-state index in [1.54, 1.807) is 10.9 Å². The number of rotatable bonds is 1. The van der Waals surface area contributed by atoms with Gasteiger partial charge in [-0.05, 0) is 35.0 Å². The van der Waals surface area contributed by atoms with Crippen molar-refractivity contribution in [1.82, 2.24) is 14.8 Å². The third-order valence-electron chi connectivity index (χ3n) is 1.84. The molecule has 4 nitrogen and oxygen atoms in total. The lowest BCUT2D eigenvalue weighted by molar-refractivity contribution is 0.879. The largest absolute Gasteiger partial charge is 0.381 e. The molecule has 0 atom stereocenters. The van der Waals surface area contributed by atoms with E-state index in [1.165, 1.54) is 0 Å². The topological polar surface area (TPSA) is 56.7 Å². The summed E-state index contributed by atoms with van der Waals surface area (Å²) in [7, 11) is 0. The highest BCUT2D eigenvalue weighted by molar-refractivity contribution is 9.10. The molecule has 2 rings (SSSR count). The molecule has 0 saturated carbocycles. The maximum absolute atomic E-state index is 5.62. The van der Waals surface area contributed by atoms with E-state index in [2.05, 4.69) is 26.0 Å². The van der Waals surface area contributed by atoms with Crippen molar-refractivity contribution >= 4 is 21.7 Å². The Morgan fingerprint density at radius 3 is 2.86 bits per heavy atom. The molecule has 2 aromatic heterocycles. The summed E-state index contributed by atoms with van der Waals surface area (Å²) in [4.78, 5) is 4.11. The predicted octanol–water partition coefficient (Wildman–Crippen LogP) is 1.92. The highest BCUT2D eigenvalue weighted by Crippen LogP contribution is 2.19. The van der Waals surface area contributed by atoms with Crippen LogP contribution in [0.4, 0.5) is 5.82 Å². The molecule has 0 radical (unpaired) electrons. The van der Waals surface area contributed by atoms with Gasteiger partial charge in [-0.3, -0.25) is 4.98 Å². The average molecular weight is 253 g/mol. The Labute approximate surface area is 89.9 Å². The minimum atomic E-state index is 0.486. The minimum absolute atomic E-state index is 0.486. The van der Waals surface area contributed by atoms with Gasteiger partial charge in [0.25, 0.3) is 0 Å². The standard InChI is InChI=1S/C9H9BrN4/c1-6-4-7(2-3-12-6)14-5-8(10)9(11)13-14/h2-5H,1H3,(H2,11,13). The van der Waals surface area contributed by atoms with Crippen LogP contribution in [0.2, 0.25) is 0 Å². The SMILES string of the molecule is Cc1cc(-n2cc(Br)c(N)n2)ccn1. The van der Waals surface area contributed by atoms with E-state index in [0.717, 1.165) is 15.9 Å². The van der Waals surface area contributed by atoms with Crippen LogP contribution in [0.15, 0.2) is 29.0 Å². The van der Waals surface area contributed by atoms with Crippen molar-refractivity contribution in [2.45, 2.75) is 6.92 Å². The molecule has 72 valence electrons. The number of aromatic nitrogens is 3. The number of aryl methyl sites for hydroxylation is 1. The minimum Gasteiger partial charge on any atom is -0.381 e. The second kappa shape index (κ2) is 3.42. The molecule has 0 aliphatic carbocycles. The van der Waals surface area contributed by atoms with Crippen molar-refractivity contribution < 1.29 is 0 Å². The second-order valence-corrected chi connectivity index (χ2v) is 3.82. The molecule has 2 N–H and O–H groups in total. The van der Waals surface area contributed by atoms with Crippen molar-refractivity contribution in [2.75, 3.05) is 5.73 Å².